The molecule has 7 heteroatoms. The molecule has 0 spiro atoms. The van der Waals surface area contributed by atoms with Gasteiger partial charge in [-0.25, -0.2) is 13.4 Å². The van der Waals surface area contributed by atoms with Gasteiger partial charge in [0.1, 0.15) is 0 Å². The van der Waals surface area contributed by atoms with E-state index in [2.05, 4.69) is 4.98 Å². The van der Waals surface area contributed by atoms with Crippen LogP contribution < -0.4 is 0 Å². The van der Waals surface area contributed by atoms with Gasteiger partial charge in [-0.15, -0.1) is 0 Å². The fourth-order valence-corrected chi connectivity index (χ4v) is 4.85. The maximum atomic E-state index is 12.3. The van der Waals surface area contributed by atoms with Crippen molar-refractivity contribution in [2.75, 3.05) is 13.1 Å². The first-order chi connectivity index (χ1) is 7.93. The van der Waals surface area contributed by atoms with Gasteiger partial charge in [0.2, 0.25) is 0 Å². The van der Waals surface area contributed by atoms with Gasteiger partial charge in [-0.2, -0.15) is 4.31 Å². The molecule has 0 aliphatic heterocycles. The summed E-state index contributed by atoms with van der Waals surface area (Å²) in [6, 6.07) is 0. The van der Waals surface area contributed by atoms with Gasteiger partial charge < -0.3 is 0 Å². The highest BCUT2D eigenvalue weighted by Crippen LogP contribution is 2.29. The summed E-state index contributed by atoms with van der Waals surface area (Å²) < 4.78 is 26.7. The summed E-state index contributed by atoms with van der Waals surface area (Å²) in [5, 5.41) is 0. The molecule has 0 aliphatic rings. The van der Waals surface area contributed by atoms with Crippen LogP contribution in [-0.4, -0.2) is 30.8 Å². The average Bonchev–Trinajstić information content (AvgIpc) is 2.59. The molecule has 0 aliphatic carbocycles. The van der Waals surface area contributed by atoms with Crippen molar-refractivity contribution in [3.63, 3.8) is 0 Å². The second kappa shape index (κ2) is 6.13. The summed E-state index contributed by atoms with van der Waals surface area (Å²) >= 11 is 6.77. The highest BCUT2D eigenvalue weighted by molar-refractivity contribution is 7.91. The molecule has 0 saturated heterocycles. The molecule has 0 saturated carbocycles. The molecule has 1 aromatic heterocycles. The van der Waals surface area contributed by atoms with Crippen LogP contribution in [0.25, 0.3) is 0 Å². The minimum absolute atomic E-state index is 0.264. The van der Waals surface area contributed by atoms with Gasteiger partial charge >= 0.3 is 0 Å². The summed E-state index contributed by atoms with van der Waals surface area (Å²) in [5.74, 6) is 0. The van der Waals surface area contributed by atoms with Crippen LogP contribution in [0, 0.1) is 6.92 Å². The Labute approximate surface area is 112 Å². The summed E-state index contributed by atoms with van der Waals surface area (Å²) in [6.07, 6.45) is 1.83. The van der Waals surface area contributed by atoms with Gasteiger partial charge in [0, 0.05) is 13.1 Å². The Hall–Kier alpha value is -0.170. The van der Waals surface area contributed by atoms with E-state index < -0.39 is 10.0 Å². The molecule has 1 rings (SSSR count). The van der Waals surface area contributed by atoms with Crippen molar-refractivity contribution in [1.29, 1.82) is 0 Å². The molecule has 98 valence electrons. The molecule has 0 fully saturated rings. The van der Waals surface area contributed by atoms with Crippen LogP contribution in [0.4, 0.5) is 0 Å². The third-order valence-electron chi connectivity index (χ3n) is 2.42. The zero-order chi connectivity index (χ0) is 13.1. The Kier molecular flexibility index (Phi) is 5.37. The lowest BCUT2D eigenvalue weighted by Gasteiger charge is -2.19. The summed E-state index contributed by atoms with van der Waals surface area (Å²) in [7, 11) is -3.43. The Balaban J connectivity index is 3.04. The van der Waals surface area contributed by atoms with E-state index in [-0.39, 0.29) is 8.68 Å². The largest absolute Gasteiger partial charge is 0.254 e. The fourth-order valence-electron chi connectivity index (χ4n) is 1.49. The standard InChI is InChI=1S/C10H17ClN2O2S2/c1-4-6-7-13(5-2)17(14,15)9-8(3)12-10(11)16-9/h4-7H2,1-3H3. The molecule has 0 atom stereocenters. The van der Waals surface area contributed by atoms with E-state index in [1.54, 1.807) is 6.92 Å². The van der Waals surface area contributed by atoms with Crippen LogP contribution in [0.2, 0.25) is 4.47 Å². The van der Waals surface area contributed by atoms with Gasteiger partial charge in [0.05, 0.1) is 5.69 Å². The first-order valence-corrected chi connectivity index (χ1v) is 8.20. The summed E-state index contributed by atoms with van der Waals surface area (Å²) in [4.78, 5) is 3.95. The highest BCUT2D eigenvalue weighted by Gasteiger charge is 2.27. The highest BCUT2D eigenvalue weighted by atomic mass is 35.5. The predicted molar refractivity (Wildman–Crippen MR) is 71.2 cm³/mol. The van der Waals surface area contributed by atoms with Crippen molar-refractivity contribution < 1.29 is 8.42 Å². The number of hydrogen-bond acceptors (Lipinski definition) is 4. The maximum absolute atomic E-state index is 12.3. The van der Waals surface area contributed by atoms with E-state index in [0.29, 0.717) is 18.8 Å². The Morgan fingerprint density at radius 1 is 1.41 bits per heavy atom. The van der Waals surface area contributed by atoms with Gasteiger partial charge in [-0.3, -0.25) is 0 Å². The predicted octanol–water partition coefficient (Wildman–Crippen LogP) is 2.92. The van der Waals surface area contributed by atoms with E-state index >= 15 is 0 Å². The number of nitrogens with zero attached hydrogens (tertiary/aromatic N) is 2. The monoisotopic (exact) mass is 296 g/mol. The second-order valence-corrected chi connectivity index (χ2v) is 7.40. The van der Waals surface area contributed by atoms with Crippen molar-refractivity contribution in [3.8, 4) is 0 Å². The second-order valence-electron chi connectivity index (χ2n) is 3.69. The van der Waals surface area contributed by atoms with Crippen molar-refractivity contribution in [2.24, 2.45) is 0 Å². The van der Waals surface area contributed by atoms with E-state index in [0.717, 1.165) is 24.2 Å². The zero-order valence-electron chi connectivity index (χ0n) is 10.2. The van der Waals surface area contributed by atoms with E-state index in [1.807, 2.05) is 13.8 Å². The molecule has 1 heterocycles. The smallest absolute Gasteiger partial charge is 0.229 e. The average molecular weight is 297 g/mol. The number of sulfonamides is 1. The van der Waals surface area contributed by atoms with Gasteiger partial charge in [-0.05, 0) is 13.3 Å². The molecule has 0 N–H and O–H groups in total. The van der Waals surface area contributed by atoms with Crippen LogP contribution in [0.5, 0.6) is 0 Å². The lowest BCUT2D eigenvalue weighted by atomic mass is 10.3. The van der Waals surface area contributed by atoms with Gasteiger partial charge in [-0.1, -0.05) is 43.2 Å². The number of hydrogen-bond donors (Lipinski definition) is 0. The van der Waals surface area contributed by atoms with Crippen LogP contribution in [0.15, 0.2) is 4.21 Å². The minimum Gasteiger partial charge on any atom is -0.229 e. The van der Waals surface area contributed by atoms with Crippen LogP contribution >= 0.6 is 22.9 Å². The molecule has 0 bridgehead atoms. The first kappa shape index (κ1) is 14.9. The van der Waals surface area contributed by atoms with Crippen LogP contribution in [-0.2, 0) is 10.0 Å². The lowest BCUT2D eigenvalue weighted by molar-refractivity contribution is 0.420. The first-order valence-electron chi connectivity index (χ1n) is 5.56. The van der Waals surface area contributed by atoms with E-state index in [1.165, 1.54) is 4.31 Å². The quantitative estimate of drug-likeness (QED) is 0.811. The Bertz CT molecular complexity index is 471. The third-order valence-corrected chi connectivity index (χ3v) is 6.24. The topological polar surface area (TPSA) is 50.3 Å². The number of halogens is 1. The number of aromatic nitrogens is 1. The molecular formula is C10H17ClN2O2S2. The molecule has 0 unspecified atom stereocenters. The van der Waals surface area contributed by atoms with Crippen molar-refractivity contribution >= 4 is 33.0 Å². The number of rotatable bonds is 6. The van der Waals surface area contributed by atoms with E-state index in [4.69, 9.17) is 11.6 Å². The fraction of sp³-hybridized carbons (Fsp3) is 0.700. The van der Waals surface area contributed by atoms with Crippen LogP contribution in [0.1, 0.15) is 32.4 Å². The van der Waals surface area contributed by atoms with E-state index in [9.17, 15) is 8.42 Å². The molecule has 0 amide bonds. The maximum Gasteiger partial charge on any atom is 0.254 e. The molecule has 1 aromatic rings. The lowest BCUT2D eigenvalue weighted by Crippen LogP contribution is -2.31. The molecular weight excluding hydrogens is 280 g/mol. The molecule has 4 nitrogen and oxygen atoms in total. The number of thiazole rings is 1. The number of unbranched alkanes of at least 4 members (excludes halogenated alkanes) is 1. The summed E-state index contributed by atoms with van der Waals surface area (Å²) in [5.41, 5.74) is 0.481. The summed E-state index contributed by atoms with van der Waals surface area (Å²) in [6.45, 7) is 6.56. The Morgan fingerprint density at radius 2 is 2.06 bits per heavy atom. The normalized spacial score (nSPS) is 12.3. The van der Waals surface area contributed by atoms with Gasteiger partial charge in [0.15, 0.2) is 8.68 Å². The van der Waals surface area contributed by atoms with Gasteiger partial charge in [0.25, 0.3) is 10.0 Å². The molecule has 0 aromatic carbocycles. The molecule has 17 heavy (non-hydrogen) atoms. The van der Waals surface area contributed by atoms with Crippen molar-refractivity contribution in [3.05, 3.63) is 10.2 Å². The third kappa shape index (κ3) is 3.40. The van der Waals surface area contributed by atoms with Crippen molar-refractivity contribution in [2.45, 2.75) is 37.8 Å². The molecule has 0 radical (unpaired) electrons. The minimum atomic E-state index is -3.43. The van der Waals surface area contributed by atoms with Crippen molar-refractivity contribution in [1.82, 2.24) is 9.29 Å². The SMILES string of the molecule is CCCCN(CC)S(=O)(=O)c1sc(Cl)nc1C. The number of aryl methyl sites for hydroxylation is 1. The Morgan fingerprint density at radius 3 is 2.47 bits per heavy atom. The zero-order valence-corrected chi connectivity index (χ0v) is 12.6. The van der Waals surface area contributed by atoms with Crippen LogP contribution in [0.3, 0.4) is 0 Å².